The van der Waals surface area contributed by atoms with E-state index >= 15 is 0 Å². The van der Waals surface area contributed by atoms with E-state index in [1.54, 1.807) is 0 Å². The largest absolute Gasteiger partial charge is 0.339 e. The van der Waals surface area contributed by atoms with E-state index < -0.39 is 5.92 Å². The van der Waals surface area contributed by atoms with Gasteiger partial charge in [0.05, 0.1) is 6.07 Å². The highest BCUT2D eigenvalue weighted by atomic mass is 16.2. The maximum atomic E-state index is 12.5. The fourth-order valence-electron chi connectivity index (χ4n) is 2.77. The van der Waals surface area contributed by atoms with Crippen molar-refractivity contribution in [3.8, 4) is 6.07 Å². The van der Waals surface area contributed by atoms with Crippen LogP contribution in [-0.4, -0.2) is 48.4 Å². The van der Waals surface area contributed by atoms with Gasteiger partial charge in [0.2, 0.25) is 5.91 Å². The van der Waals surface area contributed by atoms with Crippen molar-refractivity contribution < 1.29 is 4.79 Å². The maximum Gasteiger partial charge on any atom is 0.244 e. The van der Waals surface area contributed by atoms with Gasteiger partial charge >= 0.3 is 0 Å². The van der Waals surface area contributed by atoms with Crippen LogP contribution in [0.25, 0.3) is 0 Å². The summed E-state index contributed by atoms with van der Waals surface area (Å²) < 4.78 is 0. The van der Waals surface area contributed by atoms with Gasteiger partial charge in [-0.2, -0.15) is 5.26 Å². The zero-order valence-electron chi connectivity index (χ0n) is 12.8. The molecule has 0 aromatic heterocycles. The van der Waals surface area contributed by atoms with Crippen LogP contribution in [0, 0.1) is 17.2 Å². The Morgan fingerprint density at radius 1 is 1.19 bits per heavy atom. The second kappa shape index (κ2) is 7.24. The summed E-state index contributed by atoms with van der Waals surface area (Å²) in [5.41, 5.74) is 0.787. The molecule has 4 nitrogen and oxygen atoms in total. The number of nitrogens with zero attached hydrogens (tertiary/aromatic N) is 3. The second-order valence-electron chi connectivity index (χ2n) is 5.99. The molecule has 0 radical (unpaired) electrons. The maximum absolute atomic E-state index is 12.5. The summed E-state index contributed by atoms with van der Waals surface area (Å²) in [5.74, 6) is -0.0980. The lowest BCUT2D eigenvalue weighted by atomic mass is 9.99. The molecule has 0 bridgehead atoms. The molecule has 2 rings (SSSR count). The van der Waals surface area contributed by atoms with Crippen LogP contribution in [0.3, 0.4) is 0 Å². The number of rotatable bonds is 4. The van der Waals surface area contributed by atoms with Crippen molar-refractivity contribution in [1.82, 2.24) is 9.80 Å². The van der Waals surface area contributed by atoms with Crippen LogP contribution >= 0.6 is 0 Å². The molecule has 1 amide bonds. The fraction of sp³-hybridized carbons (Fsp3) is 0.529. The summed E-state index contributed by atoms with van der Waals surface area (Å²) in [7, 11) is 0. The molecule has 0 N–H and O–H groups in total. The molecule has 0 aliphatic carbocycles. The minimum Gasteiger partial charge on any atom is -0.339 e. The average molecular weight is 285 g/mol. The summed E-state index contributed by atoms with van der Waals surface area (Å²) in [4.78, 5) is 16.8. The van der Waals surface area contributed by atoms with Gasteiger partial charge in [0.1, 0.15) is 5.92 Å². The highest BCUT2D eigenvalue weighted by Gasteiger charge is 2.28. The molecular formula is C17H23N3O. The van der Waals surface area contributed by atoms with Crippen LogP contribution in [0.1, 0.15) is 25.3 Å². The van der Waals surface area contributed by atoms with E-state index in [2.05, 4.69) is 24.8 Å². The standard InChI is InChI=1S/C17H23N3O/c1-14(2)13-19-8-10-20(11-9-19)17(21)16(12-18)15-6-4-3-5-7-15/h3-7,14,16H,8-11,13H2,1-2H3. The van der Waals surface area contributed by atoms with Crippen molar-refractivity contribution >= 4 is 5.91 Å². The molecule has 0 saturated carbocycles. The first-order chi connectivity index (χ1) is 10.1. The topological polar surface area (TPSA) is 47.3 Å². The number of amides is 1. The number of nitriles is 1. The molecule has 1 atom stereocenters. The Morgan fingerprint density at radius 2 is 1.81 bits per heavy atom. The average Bonchev–Trinajstić information content (AvgIpc) is 2.49. The van der Waals surface area contributed by atoms with E-state index in [-0.39, 0.29) is 5.91 Å². The monoisotopic (exact) mass is 285 g/mol. The van der Waals surface area contributed by atoms with E-state index in [1.165, 1.54) is 0 Å². The van der Waals surface area contributed by atoms with Crippen molar-refractivity contribution in [2.45, 2.75) is 19.8 Å². The van der Waals surface area contributed by atoms with Crippen molar-refractivity contribution in [2.24, 2.45) is 5.92 Å². The van der Waals surface area contributed by atoms with Crippen molar-refractivity contribution in [2.75, 3.05) is 32.7 Å². The molecule has 1 aliphatic rings. The Hall–Kier alpha value is -1.86. The van der Waals surface area contributed by atoms with Crippen LogP contribution in [0.15, 0.2) is 30.3 Å². The fourth-order valence-corrected chi connectivity index (χ4v) is 2.77. The number of benzene rings is 1. The lowest BCUT2D eigenvalue weighted by molar-refractivity contribution is -0.133. The van der Waals surface area contributed by atoms with E-state index in [9.17, 15) is 10.1 Å². The minimum absolute atomic E-state index is 0.0621. The van der Waals surface area contributed by atoms with Crippen molar-refractivity contribution in [3.05, 3.63) is 35.9 Å². The van der Waals surface area contributed by atoms with E-state index in [0.29, 0.717) is 5.92 Å². The first-order valence-corrected chi connectivity index (χ1v) is 7.57. The molecule has 1 aromatic carbocycles. The van der Waals surface area contributed by atoms with Gasteiger partial charge in [0.15, 0.2) is 0 Å². The van der Waals surface area contributed by atoms with E-state index in [4.69, 9.17) is 0 Å². The molecule has 21 heavy (non-hydrogen) atoms. The van der Waals surface area contributed by atoms with Crippen LogP contribution < -0.4 is 0 Å². The Bertz CT molecular complexity index is 499. The lowest BCUT2D eigenvalue weighted by Gasteiger charge is -2.36. The minimum atomic E-state index is -0.678. The zero-order valence-corrected chi connectivity index (χ0v) is 12.8. The molecule has 1 unspecified atom stereocenters. The van der Waals surface area contributed by atoms with Crippen LogP contribution in [0.2, 0.25) is 0 Å². The Balaban J connectivity index is 1.96. The quantitative estimate of drug-likeness (QED) is 0.851. The third-order valence-corrected chi connectivity index (χ3v) is 3.82. The molecule has 1 aliphatic heterocycles. The van der Waals surface area contributed by atoms with Gasteiger partial charge in [0.25, 0.3) is 0 Å². The third kappa shape index (κ3) is 4.05. The zero-order chi connectivity index (χ0) is 15.2. The van der Waals surface area contributed by atoms with Crippen LogP contribution in [0.5, 0.6) is 0 Å². The van der Waals surface area contributed by atoms with E-state index in [0.717, 1.165) is 38.3 Å². The van der Waals surface area contributed by atoms with Crippen LogP contribution in [0.4, 0.5) is 0 Å². The smallest absolute Gasteiger partial charge is 0.244 e. The second-order valence-corrected chi connectivity index (χ2v) is 5.99. The highest BCUT2D eigenvalue weighted by molar-refractivity contribution is 5.86. The Kier molecular flexibility index (Phi) is 5.35. The molecule has 112 valence electrons. The van der Waals surface area contributed by atoms with Gasteiger partial charge < -0.3 is 4.90 Å². The number of hydrogen-bond acceptors (Lipinski definition) is 3. The normalized spacial score (nSPS) is 17.5. The third-order valence-electron chi connectivity index (χ3n) is 3.82. The summed E-state index contributed by atoms with van der Waals surface area (Å²) in [6, 6.07) is 11.5. The number of carbonyl (C=O) groups excluding carboxylic acids is 1. The summed E-state index contributed by atoms with van der Waals surface area (Å²) in [6.07, 6.45) is 0. The summed E-state index contributed by atoms with van der Waals surface area (Å²) in [5, 5.41) is 9.34. The summed E-state index contributed by atoms with van der Waals surface area (Å²) >= 11 is 0. The Morgan fingerprint density at radius 3 is 2.33 bits per heavy atom. The SMILES string of the molecule is CC(C)CN1CCN(C(=O)C(C#N)c2ccccc2)CC1. The first-order valence-electron chi connectivity index (χ1n) is 7.57. The predicted octanol–water partition coefficient (Wildman–Crippen LogP) is 2.09. The van der Waals surface area contributed by atoms with Gasteiger partial charge in [-0.3, -0.25) is 9.69 Å². The van der Waals surface area contributed by atoms with Crippen molar-refractivity contribution in [3.63, 3.8) is 0 Å². The van der Waals surface area contributed by atoms with Gasteiger partial charge in [-0.15, -0.1) is 0 Å². The number of piperazine rings is 1. The van der Waals surface area contributed by atoms with E-state index in [1.807, 2.05) is 35.2 Å². The van der Waals surface area contributed by atoms with Gasteiger partial charge in [0, 0.05) is 32.7 Å². The highest BCUT2D eigenvalue weighted by Crippen LogP contribution is 2.19. The molecule has 1 fully saturated rings. The Labute approximate surface area is 127 Å². The molecular weight excluding hydrogens is 262 g/mol. The molecule has 4 heteroatoms. The molecule has 1 aromatic rings. The van der Waals surface area contributed by atoms with Gasteiger partial charge in [-0.25, -0.2) is 0 Å². The molecule has 1 heterocycles. The van der Waals surface area contributed by atoms with Gasteiger partial charge in [-0.05, 0) is 11.5 Å². The molecule has 1 saturated heterocycles. The summed E-state index contributed by atoms with van der Waals surface area (Å²) in [6.45, 7) is 8.72. The first kappa shape index (κ1) is 15.5. The number of hydrogen-bond donors (Lipinski definition) is 0. The predicted molar refractivity (Wildman–Crippen MR) is 82.7 cm³/mol. The lowest BCUT2D eigenvalue weighted by Crippen LogP contribution is -2.50. The van der Waals surface area contributed by atoms with Crippen LogP contribution in [-0.2, 0) is 4.79 Å². The molecule has 0 spiro atoms. The number of carbonyl (C=O) groups is 1. The van der Waals surface area contributed by atoms with Crippen molar-refractivity contribution in [1.29, 1.82) is 5.26 Å². The van der Waals surface area contributed by atoms with Gasteiger partial charge in [-0.1, -0.05) is 44.2 Å².